The molecule has 0 fully saturated rings. The number of aryl methyl sites for hydroxylation is 2. The van der Waals surface area contributed by atoms with Crippen molar-refractivity contribution in [1.82, 2.24) is 24.6 Å². The maximum atomic E-state index is 12.8. The second-order valence-electron chi connectivity index (χ2n) is 6.67. The summed E-state index contributed by atoms with van der Waals surface area (Å²) in [7, 11) is 0. The first-order valence-corrected chi connectivity index (χ1v) is 9.70. The van der Waals surface area contributed by atoms with Gasteiger partial charge in [0.05, 0.1) is 18.4 Å². The fraction of sp³-hybridized carbons (Fsp3) is 0.200. The molecule has 1 N–H and O–H groups in total. The van der Waals surface area contributed by atoms with Crippen LogP contribution in [-0.2, 0) is 17.9 Å². The molecule has 3 heterocycles. The number of amides is 1. The summed E-state index contributed by atoms with van der Waals surface area (Å²) in [6, 6.07) is 9.94. The van der Waals surface area contributed by atoms with Gasteiger partial charge in [-0.15, -0.1) is 11.3 Å². The van der Waals surface area contributed by atoms with Crippen molar-refractivity contribution in [3.8, 4) is 5.69 Å². The number of carbonyl (C=O) groups excluding carboxylic acids is 1. The zero-order valence-electron chi connectivity index (χ0n) is 15.5. The molecule has 142 valence electrons. The van der Waals surface area contributed by atoms with Crippen LogP contribution in [0.15, 0.2) is 53.0 Å². The predicted octanol–water partition coefficient (Wildman–Crippen LogP) is 2.58. The van der Waals surface area contributed by atoms with E-state index in [1.54, 1.807) is 16.0 Å². The van der Waals surface area contributed by atoms with Gasteiger partial charge >= 0.3 is 0 Å². The van der Waals surface area contributed by atoms with Crippen LogP contribution in [0.2, 0.25) is 0 Å². The Morgan fingerprint density at radius 2 is 2.00 bits per heavy atom. The van der Waals surface area contributed by atoms with E-state index in [4.69, 9.17) is 0 Å². The van der Waals surface area contributed by atoms with Gasteiger partial charge in [0.25, 0.3) is 5.56 Å². The molecule has 0 atom stereocenters. The van der Waals surface area contributed by atoms with Crippen molar-refractivity contribution in [2.45, 2.75) is 26.9 Å². The molecule has 4 rings (SSSR count). The van der Waals surface area contributed by atoms with Crippen LogP contribution in [0.3, 0.4) is 0 Å². The summed E-state index contributed by atoms with van der Waals surface area (Å²) in [6.45, 7) is 4.39. The normalized spacial score (nSPS) is 11.1. The number of thiophene rings is 1. The fourth-order valence-corrected chi connectivity index (χ4v) is 3.78. The zero-order valence-corrected chi connectivity index (χ0v) is 16.4. The van der Waals surface area contributed by atoms with Gasteiger partial charge in [0.1, 0.15) is 18.3 Å². The highest BCUT2D eigenvalue weighted by Crippen LogP contribution is 2.17. The molecule has 0 bridgehead atoms. The lowest BCUT2D eigenvalue weighted by atomic mass is 10.1. The quantitative estimate of drug-likeness (QED) is 0.565. The first kappa shape index (κ1) is 18.1. The van der Waals surface area contributed by atoms with Crippen LogP contribution in [-0.4, -0.2) is 25.2 Å². The van der Waals surface area contributed by atoms with Crippen molar-refractivity contribution in [2.75, 3.05) is 0 Å². The summed E-state index contributed by atoms with van der Waals surface area (Å²) in [5.74, 6) is -0.238. The molecule has 0 aliphatic rings. The highest BCUT2D eigenvalue weighted by molar-refractivity contribution is 7.09. The Kier molecular flexibility index (Phi) is 4.79. The van der Waals surface area contributed by atoms with Crippen molar-refractivity contribution < 1.29 is 4.79 Å². The second-order valence-corrected chi connectivity index (χ2v) is 7.71. The molecule has 8 heteroatoms. The van der Waals surface area contributed by atoms with E-state index in [1.165, 1.54) is 17.1 Å². The molecule has 0 saturated carbocycles. The van der Waals surface area contributed by atoms with Gasteiger partial charge in [-0.3, -0.25) is 14.2 Å². The van der Waals surface area contributed by atoms with E-state index in [9.17, 15) is 9.59 Å². The topological polar surface area (TPSA) is 81.8 Å². The highest BCUT2D eigenvalue weighted by atomic mass is 32.1. The largest absolute Gasteiger partial charge is 0.350 e. The Labute approximate surface area is 165 Å². The van der Waals surface area contributed by atoms with Crippen molar-refractivity contribution in [3.05, 3.63) is 74.6 Å². The third-order valence-electron chi connectivity index (χ3n) is 4.36. The Hall–Kier alpha value is -3.26. The molecule has 0 spiro atoms. The summed E-state index contributed by atoms with van der Waals surface area (Å²) in [6.07, 6.45) is 2.90. The molecule has 1 amide bonds. The summed E-state index contributed by atoms with van der Waals surface area (Å²) in [5, 5.41) is 9.49. The number of rotatable bonds is 5. The number of nitrogens with zero attached hydrogens (tertiary/aromatic N) is 4. The van der Waals surface area contributed by atoms with E-state index in [2.05, 4.69) is 21.5 Å². The second kappa shape index (κ2) is 7.40. The number of fused-ring (bicyclic) bond motifs is 1. The number of hydrogen-bond acceptors (Lipinski definition) is 5. The van der Waals surface area contributed by atoms with E-state index in [0.29, 0.717) is 17.6 Å². The highest BCUT2D eigenvalue weighted by Gasteiger charge is 2.13. The van der Waals surface area contributed by atoms with Gasteiger partial charge in [0.2, 0.25) is 5.91 Å². The van der Waals surface area contributed by atoms with Crippen LogP contribution in [0.4, 0.5) is 0 Å². The monoisotopic (exact) mass is 393 g/mol. The van der Waals surface area contributed by atoms with E-state index in [-0.39, 0.29) is 18.0 Å². The van der Waals surface area contributed by atoms with Crippen LogP contribution in [0.25, 0.3) is 16.7 Å². The van der Waals surface area contributed by atoms with Crippen molar-refractivity contribution in [3.63, 3.8) is 0 Å². The minimum Gasteiger partial charge on any atom is -0.350 e. The molecule has 7 nitrogen and oxygen atoms in total. The average molecular weight is 393 g/mol. The van der Waals surface area contributed by atoms with Gasteiger partial charge in [-0.25, -0.2) is 9.67 Å². The number of benzene rings is 1. The zero-order chi connectivity index (χ0) is 19.7. The van der Waals surface area contributed by atoms with Gasteiger partial charge in [-0.05, 0) is 48.6 Å². The number of aromatic nitrogens is 4. The predicted molar refractivity (Wildman–Crippen MR) is 109 cm³/mol. The van der Waals surface area contributed by atoms with Crippen molar-refractivity contribution in [1.29, 1.82) is 0 Å². The van der Waals surface area contributed by atoms with Gasteiger partial charge in [0, 0.05) is 4.88 Å². The standard InChI is InChI=1S/C20H19N5O2S/c1-13-6-14(2)8-15(7-13)25-19-17(10-23-25)20(27)24(12-22-19)11-18(26)21-9-16-4-3-5-28-16/h3-8,10,12H,9,11H2,1-2H3,(H,21,26). The Balaban J connectivity index is 1.59. The first-order chi connectivity index (χ1) is 13.5. The lowest BCUT2D eigenvalue weighted by molar-refractivity contribution is -0.121. The van der Waals surface area contributed by atoms with E-state index in [1.807, 2.05) is 43.5 Å². The molecule has 1 aromatic carbocycles. The van der Waals surface area contributed by atoms with Crippen molar-refractivity contribution >= 4 is 28.3 Å². The summed E-state index contributed by atoms with van der Waals surface area (Å²) in [4.78, 5) is 30.4. The third kappa shape index (κ3) is 3.59. The van der Waals surface area contributed by atoms with Crippen LogP contribution in [0, 0.1) is 13.8 Å². The van der Waals surface area contributed by atoms with Gasteiger partial charge in [0.15, 0.2) is 5.65 Å². The van der Waals surface area contributed by atoms with Gasteiger partial charge in [-0.1, -0.05) is 12.1 Å². The number of carbonyl (C=O) groups is 1. The van der Waals surface area contributed by atoms with E-state index >= 15 is 0 Å². The minimum atomic E-state index is -0.285. The molecule has 0 saturated heterocycles. The first-order valence-electron chi connectivity index (χ1n) is 8.82. The number of nitrogens with one attached hydrogen (secondary N) is 1. The molecule has 0 aliphatic carbocycles. The van der Waals surface area contributed by atoms with Crippen LogP contribution in [0.5, 0.6) is 0 Å². The molecule has 0 aliphatic heterocycles. The third-order valence-corrected chi connectivity index (χ3v) is 5.24. The summed E-state index contributed by atoms with van der Waals surface area (Å²) >= 11 is 1.57. The Bertz CT molecular complexity index is 1190. The number of hydrogen-bond donors (Lipinski definition) is 1. The van der Waals surface area contributed by atoms with Crippen LogP contribution in [0.1, 0.15) is 16.0 Å². The van der Waals surface area contributed by atoms with Crippen LogP contribution >= 0.6 is 11.3 Å². The molecule has 4 aromatic rings. The summed E-state index contributed by atoms with van der Waals surface area (Å²) < 4.78 is 2.96. The minimum absolute atomic E-state index is 0.0815. The van der Waals surface area contributed by atoms with Crippen LogP contribution < -0.4 is 10.9 Å². The SMILES string of the molecule is Cc1cc(C)cc(-n2ncc3c(=O)n(CC(=O)NCc4cccs4)cnc32)c1. The van der Waals surface area contributed by atoms with E-state index < -0.39 is 0 Å². The smallest absolute Gasteiger partial charge is 0.264 e. The maximum absolute atomic E-state index is 12.8. The lowest BCUT2D eigenvalue weighted by Crippen LogP contribution is -2.32. The lowest BCUT2D eigenvalue weighted by Gasteiger charge is -2.08. The van der Waals surface area contributed by atoms with Gasteiger partial charge in [-0.2, -0.15) is 5.10 Å². The van der Waals surface area contributed by atoms with Gasteiger partial charge < -0.3 is 5.32 Å². The van der Waals surface area contributed by atoms with E-state index in [0.717, 1.165) is 21.7 Å². The Morgan fingerprint density at radius 1 is 1.21 bits per heavy atom. The Morgan fingerprint density at radius 3 is 2.71 bits per heavy atom. The molecule has 0 unspecified atom stereocenters. The summed E-state index contributed by atoms with van der Waals surface area (Å²) in [5.41, 5.74) is 3.26. The molecular weight excluding hydrogens is 374 g/mol. The fourth-order valence-electron chi connectivity index (χ4n) is 3.13. The molecule has 0 radical (unpaired) electrons. The van der Waals surface area contributed by atoms with Crippen molar-refractivity contribution in [2.24, 2.45) is 0 Å². The molecule has 28 heavy (non-hydrogen) atoms. The molecule has 3 aromatic heterocycles. The maximum Gasteiger partial charge on any atom is 0.264 e. The average Bonchev–Trinajstić information content (AvgIpc) is 3.31. The molecular formula is C20H19N5O2S.